The Bertz CT molecular complexity index is 461. The molecule has 1 aliphatic carbocycles. The molecule has 1 amide bonds. The van der Waals surface area contributed by atoms with Gasteiger partial charge in [0.15, 0.2) is 0 Å². The molecule has 1 N–H and O–H groups in total. The summed E-state index contributed by atoms with van der Waals surface area (Å²) in [5.74, 6) is 0.146. The van der Waals surface area contributed by atoms with Crippen molar-refractivity contribution < 1.29 is 4.79 Å². The minimum absolute atomic E-state index is 0.146. The molecule has 1 saturated heterocycles. The minimum Gasteiger partial charge on any atom is -0.334 e. The van der Waals surface area contributed by atoms with E-state index < -0.39 is 0 Å². The summed E-state index contributed by atoms with van der Waals surface area (Å²) in [6.45, 7) is 3.87. The van der Waals surface area contributed by atoms with Crippen molar-refractivity contribution in [1.29, 1.82) is 0 Å². The van der Waals surface area contributed by atoms with Gasteiger partial charge in [0, 0.05) is 30.5 Å². The number of pyridine rings is 1. The Kier molecular flexibility index (Phi) is 4.01. The van der Waals surface area contributed by atoms with Crippen LogP contribution in [0.2, 0.25) is 0 Å². The van der Waals surface area contributed by atoms with Crippen molar-refractivity contribution in [3.05, 3.63) is 29.6 Å². The van der Waals surface area contributed by atoms with Gasteiger partial charge in [-0.2, -0.15) is 0 Å². The number of nitrogens with zero attached hydrogens (tertiary/aromatic N) is 2. The van der Waals surface area contributed by atoms with Gasteiger partial charge in [0.25, 0.3) is 5.91 Å². The van der Waals surface area contributed by atoms with E-state index in [1.165, 1.54) is 19.3 Å². The first-order valence-corrected chi connectivity index (χ1v) is 7.71. The van der Waals surface area contributed by atoms with Crippen LogP contribution >= 0.6 is 0 Å². The van der Waals surface area contributed by atoms with Crippen molar-refractivity contribution in [2.75, 3.05) is 13.1 Å². The summed E-state index contributed by atoms with van der Waals surface area (Å²) in [4.78, 5) is 19.0. The summed E-state index contributed by atoms with van der Waals surface area (Å²) in [6, 6.07) is 4.73. The van der Waals surface area contributed by atoms with Crippen LogP contribution in [0.25, 0.3) is 0 Å². The molecule has 1 atom stereocenters. The van der Waals surface area contributed by atoms with Crippen molar-refractivity contribution in [1.82, 2.24) is 15.2 Å². The molecule has 0 bridgehead atoms. The number of aryl methyl sites for hydroxylation is 1. The fourth-order valence-corrected chi connectivity index (χ4v) is 2.86. The SMILES string of the molecule is Cc1ccc(C(=O)N(CC2CCCCN2)C2CC2)cn1. The number of carbonyl (C=O) groups is 1. The van der Waals surface area contributed by atoms with Gasteiger partial charge in [0.05, 0.1) is 5.56 Å². The number of hydrogen-bond donors (Lipinski definition) is 1. The van der Waals surface area contributed by atoms with Gasteiger partial charge in [0.2, 0.25) is 0 Å². The molecule has 0 aromatic carbocycles. The lowest BCUT2D eigenvalue weighted by molar-refractivity contribution is 0.0717. The van der Waals surface area contributed by atoms with Gasteiger partial charge in [0.1, 0.15) is 0 Å². The number of piperidine rings is 1. The molecule has 2 aliphatic rings. The number of carbonyl (C=O) groups excluding carboxylic acids is 1. The van der Waals surface area contributed by atoms with Crippen LogP contribution in [-0.2, 0) is 0 Å². The van der Waals surface area contributed by atoms with Crippen LogP contribution in [0, 0.1) is 6.92 Å². The molecular weight excluding hydrogens is 250 g/mol. The molecule has 1 unspecified atom stereocenters. The van der Waals surface area contributed by atoms with Crippen LogP contribution < -0.4 is 5.32 Å². The van der Waals surface area contributed by atoms with Crippen molar-refractivity contribution in [2.24, 2.45) is 0 Å². The lowest BCUT2D eigenvalue weighted by Gasteiger charge is -2.30. The van der Waals surface area contributed by atoms with Gasteiger partial charge in [-0.05, 0) is 51.3 Å². The lowest BCUT2D eigenvalue weighted by Crippen LogP contribution is -2.46. The molecule has 108 valence electrons. The van der Waals surface area contributed by atoms with E-state index in [1.807, 2.05) is 19.1 Å². The van der Waals surface area contributed by atoms with Crippen molar-refractivity contribution in [2.45, 2.75) is 51.1 Å². The number of nitrogens with one attached hydrogen (secondary N) is 1. The van der Waals surface area contributed by atoms with E-state index in [0.717, 1.165) is 37.2 Å². The van der Waals surface area contributed by atoms with Crippen LogP contribution in [0.3, 0.4) is 0 Å². The summed E-state index contributed by atoms with van der Waals surface area (Å²) < 4.78 is 0. The molecule has 2 fully saturated rings. The molecule has 1 aliphatic heterocycles. The normalized spacial score (nSPS) is 22.6. The van der Waals surface area contributed by atoms with E-state index in [0.29, 0.717) is 12.1 Å². The molecule has 20 heavy (non-hydrogen) atoms. The summed E-state index contributed by atoms with van der Waals surface area (Å²) in [6.07, 6.45) is 7.73. The molecule has 4 heteroatoms. The largest absolute Gasteiger partial charge is 0.334 e. The Morgan fingerprint density at radius 2 is 2.20 bits per heavy atom. The van der Waals surface area contributed by atoms with Crippen LogP contribution in [0.15, 0.2) is 18.3 Å². The van der Waals surface area contributed by atoms with Crippen LogP contribution in [0.1, 0.15) is 48.2 Å². The van der Waals surface area contributed by atoms with Crippen molar-refractivity contribution in [3.63, 3.8) is 0 Å². The molecule has 2 heterocycles. The second-order valence-corrected chi connectivity index (χ2v) is 6.02. The standard InChI is InChI=1S/C16H23N3O/c1-12-5-6-13(10-18-12)16(20)19(15-7-8-15)11-14-4-2-3-9-17-14/h5-6,10,14-15,17H,2-4,7-9,11H2,1H3. The van der Waals surface area contributed by atoms with Crippen molar-refractivity contribution >= 4 is 5.91 Å². The fraction of sp³-hybridized carbons (Fsp3) is 0.625. The predicted molar refractivity (Wildman–Crippen MR) is 78.7 cm³/mol. The predicted octanol–water partition coefficient (Wildman–Crippen LogP) is 2.14. The second kappa shape index (κ2) is 5.92. The third kappa shape index (κ3) is 3.18. The molecule has 1 aromatic heterocycles. The third-order valence-electron chi connectivity index (χ3n) is 4.24. The highest BCUT2D eigenvalue weighted by atomic mass is 16.2. The quantitative estimate of drug-likeness (QED) is 0.914. The highest BCUT2D eigenvalue weighted by Crippen LogP contribution is 2.29. The molecule has 0 radical (unpaired) electrons. The zero-order chi connectivity index (χ0) is 13.9. The fourth-order valence-electron chi connectivity index (χ4n) is 2.86. The second-order valence-electron chi connectivity index (χ2n) is 6.02. The van der Waals surface area contributed by atoms with Gasteiger partial charge in [-0.15, -0.1) is 0 Å². The third-order valence-corrected chi connectivity index (χ3v) is 4.24. The number of aromatic nitrogens is 1. The van der Waals surface area contributed by atoms with Gasteiger partial charge >= 0.3 is 0 Å². The number of rotatable bonds is 4. The van der Waals surface area contributed by atoms with Crippen LogP contribution in [0.4, 0.5) is 0 Å². The summed E-state index contributed by atoms with van der Waals surface area (Å²) in [7, 11) is 0. The zero-order valence-corrected chi connectivity index (χ0v) is 12.1. The van der Waals surface area contributed by atoms with Gasteiger partial charge in [-0.3, -0.25) is 9.78 Å². The topological polar surface area (TPSA) is 45.2 Å². The van der Waals surface area contributed by atoms with E-state index >= 15 is 0 Å². The van der Waals surface area contributed by atoms with Crippen molar-refractivity contribution in [3.8, 4) is 0 Å². The summed E-state index contributed by atoms with van der Waals surface area (Å²) in [5.41, 5.74) is 1.67. The summed E-state index contributed by atoms with van der Waals surface area (Å²) in [5, 5.41) is 3.54. The van der Waals surface area contributed by atoms with Gasteiger partial charge < -0.3 is 10.2 Å². The molecule has 0 spiro atoms. The molecule has 4 nitrogen and oxygen atoms in total. The lowest BCUT2D eigenvalue weighted by atomic mass is 10.0. The smallest absolute Gasteiger partial charge is 0.255 e. The first-order chi connectivity index (χ1) is 9.74. The Balaban J connectivity index is 1.69. The van der Waals surface area contributed by atoms with E-state index in [2.05, 4.69) is 15.2 Å². The minimum atomic E-state index is 0.146. The average Bonchev–Trinajstić information content (AvgIpc) is 3.30. The van der Waals surface area contributed by atoms with E-state index in [9.17, 15) is 4.79 Å². The maximum absolute atomic E-state index is 12.7. The maximum atomic E-state index is 12.7. The van der Waals surface area contributed by atoms with E-state index in [1.54, 1.807) is 6.20 Å². The highest BCUT2D eigenvalue weighted by Gasteiger charge is 2.34. The first kappa shape index (κ1) is 13.6. The zero-order valence-electron chi connectivity index (χ0n) is 12.1. The van der Waals surface area contributed by atoms with Gasteiger partial charge in [-0.25, -0.2) is 0 Å². The Morgan fingerprint density at radius 1 is 1.35 bits per heavy atom. The van der Waals surface area contributed by atoms with Crippen LogP contribution in [0.5, 0.6) is 0 Å². The summed E-state index contributed by atoms with van der Waals surface area (Å²) >= 11 is 0. The molecule has 1 saturated carbocycles. The number of amides is 1. The Labute approximate surface area is 120 Å². The van der Waals surface area contributed by atoms with E-state index in [4.69, 9.17) is 0 Å². The molecule has 1 aromatic rings. The molecular formula is C16H23N3O. The van der Waals surface area contributed by atoms with E-state index in [-0.39, 0.29) is 5.91 Å². The first-order valence-electron chi connectivity index (χ1n) is 7.71. The number of hydrogen-bond acceptors (Lipinski definition) is 3. The Morgan fingerprint density at radius 3 is 2.80 bits per heavy atom. The average molecular weight is 273 g/mol. The van der Waals surface area contributed by atoms with Crippen LogP contribution in [-0.4, -0.2) is 41.0 Å². The molecule has 3 rings (SSSR count). The monoisotopic (exact) mass is 273 g/mol. The maximum Gasteiger partial charge on any atom is 0.255 e. The highest BCUT2D eigenvalue weighted by molar-refractivity contribution is 5.94. The Hall–Kier alpha value is -1.42. The van der Waals surface area contributed by atoms with Gasteiger partial charge in [-0.1, -0.05) is 6.42 Å².